The third-order valence-electron chi connectivity index (χ3n) is 5.33. The van der Waals surface area contributed by atoms with Gasteiger partial charge in [0.25, 0.3) is 11.8 Å². The summed E-state index contributed by atoms with van der Waals surface area (Å²) in [4.78, 5) is 40.3. The Bertz CT molecular complexity index is 881. The van der Waals surface area contributed by atoms with Gasteiger partial charge in [0.2, 0.25) is 0 Å². The highest BCUT2D eigenvalue weighted by molar-refractivity contribution is 6.00. The third kappa shape index (κ3) is 3.91. The standard InChI is InChI=1S/C22H24N2O4/c1-3-23(2)20(25)16-10-7-11-17(12-16)21(26)24-13-18(19(14-24)22(27)28)15-8-5-4-6-9-15/h4-12,18-19H,3,13-14H2,1-2H3,(H,27,28). The fourth-order valence-corrected chi connectivity index (χ4v) is 3.59. The second-order valence-electron chi connectivity index (χ2n) is 7.07. The highest BCUT2D eigenvalue weighted by Crippen LogP contribution is 2.33. The first-order valence-electron chi connectivity index (χ1n) is 9.35. The largest absolute Gasteiger partial charge is 0.481 e. The van der Waals surface area contributed by atoms with Gasteiger partial charge >= 0.3 is 5.97 Å². The van der Waals surface area contributed by atoms with Gasteiger partial charge in [-0.15, -0.1) is 0 Å². The van der Waals surface area contributed by atoms with Crippen LogP contribution in [0.15, 0.2) is 54.6 Å². The predicted octanol–water partition coefficient (Wildman–Crippen LogP) is 2.72. The number of benzene rings is 2. The second-order valence-corrected chi connectivity index (χ2v) is 7.07. The van der Waals surface area contributed by atoms with Gasteiger partial charge in [-0.2, -0.15) is 0 Å². The minimum atomic E-state index is -0.905. The Labute approximate surface area is 164 Å². The van der Waals surface area contributed by atoms with Crippen LogP contribution in [0.3, 0.4) is 0 Å². The molecule has 6 heteroatoms. The molecule has 1 aliphatic heterocycles. The topological polar surface area (TPSA) is 77.9 Å². The summed E-state index contributed by atoms with van der Waals surface area (Å²) in [6.45, 7) is 2.95. The van der Waals surface area contributed by atoms with Gasteiger partial charge in [0.15, 0.2) is 0 Å². The summed E-state index contributed by atoms with van der Waals surface area (Å²) >= 11 is 0. The van der Waals surface area contributed by atoms with E-state index in [1.807, 2.05) is 37.3 Å². The summed E-state index contributed by atoms with van der Waals surface area (Å²) in [5, 5.41) is 9.63. The number of rotatable bonds is 5. The zero-order chi connectivity index (χ0) is 20.3. The van der Waals surface area contributed by atoms with Crippen molar-refractivity contribution >= 4 is 17.8 Å². The Morgan fingerprint density at radius 2 is 1.71 bits per heavy atom. The van der Waals surface area contributed by atoms with E-state index < -0.39 is 11.9 Å². The molecule has 28 heavy (non-hydrogen) atoms. The predicted molar refractivity (Wildman–Crippen MR) is 105 cm³/mol. The lowest BCUT2D eigenvalue weighted by Gasteiger charge is -2.18. The van der Waals surface area contributed by atoms with Crippen molar-refractivity contribution in [2.45, 2.75) is 12.8 Å². The number of carbonyl (C=O) groups excluding carboxylic acids is 2. The molecule has 1 N–H and O–H groups in total. The Morgan fingerprint density at radius 3 is 2.36 bits per heavy atom. The molecule has 0 aromatic heterocycles. The summed E-state index contributed by atoms with van der Waals surface area (Å²) in [6, 6.07) is 16.0. The molecule has 146 valence electrons. The molecular formula is C22H24N2O4. The lowest BCUT2D eigenvalue weighted by atomic mass is 9.89. The van der Waals surface area contributed by atoms with Crippen LogP contribution < -0.4 is 0 Å². The quantitative estimate of drug-likeness (QED) is 0.865. The van der Waals surface area contributed by atoms with Crippen molar-refractivity contribution in [1.29, 1.82) is 0 Å². The lowest BCUT2D eigenvalue weighted by Crippen LogP contribution is -2.30. The summed E-state index contributed by atoms with van der Waals surface area (Å²) < 4.78 is 0. The Kier molecular flexibility index (Phi) is 5.78. The minimum absolute atomic E-state index is 0.149. The van der Waals surface area contributed by atoms with Gasteiger partial charge in [0.05, 0.1) is 5.92 Å². The van der Waals surface area contributed by atoms with Crippen molar-refractivity contribution in [1.82, 2.24) is 9.80 Å². The van der Waals surface area contributed by atoms with Crippen LogP contribution in [0.5, 0.6) is 0 Å². The van der Waals surface area contributed by atoms with Crippen molar-refractivity contribution in [3.8, 4) is 0 Å². The van der Waals surface area contributed by atoms with E-state index in [4.69, 9.17) is 0 Å². The normalized spacial score (nSPS) is 18.7. The Balaban J connectivity index is 1.83. The number of carbonyl (C=O) groups is 3. The molecule has 0 saturated carbocycles. The maximum absolute atomic E-state index is 13.0. The average molecular weight is 380 g/mol. The van der Waals surface area contributed by atoms with E-state index >= 15 is 0 Å². The number of amides is 2. The molecule has 2 aromatic carbocycles. The molecule has 0 spiro atoms. The van der Waals surface area contributed by atoms with Crippen LogP contribution >= 0.6 is 0 Å². The van der Waals surface area contributed by atoms with E-state index in [1.54, 1.807) is 41.1 Å². The first-order chi connectivity index (χ1) is 13.4. The fraction of sp³-hybridized carbons (Fsp3) is 0.318. The minimum Gasteiger partial charge on any atom is -0.481 e. The zero-order valence-corrected chi connectivity index (χ0v) is 16.0. The number of nitrogens with zero attached hydrogens (tertiary/aromatic N) is 2. The van der Waals surface area contributed by atoms with Crippen molar-refractivity contribution in [2.75, 3.05) is 26.7 Å². The first-order valence-corrected chi connectivity index (χ1v) is 9.35. The smallest absolute Gasteiger partial charge is 0.308 e. The van der Waals surface area contributed by atoms with Crippen molar-refractivity contribution in [3.05, 3.63) is 71.3 Å². The van der Waals surface area contributed by atoms with Crippen LogP contribution in [0.1, 0.15) is 39.1 Å². The maximum Gasteiger partial charge on any atom is 0.308 e. The highest BCUT2D eigenvalue weighted by atomic mass is 16.4. The molecule has 1 saturated heterocycles. The molecule has 0 radical (unpaired) electrons. The van der Waals surface area contributed by atoms with Crippen molar-refractivity contribution < 1.29 is 19.5 Å². The van der Waals surface area contributed by atoms with Gasteiger partial charge in [-0.05, 0) is 30.7 Å². The van der Waals surface area contributed by atoms with E-state index in [9.17, 15) is 19.5 Å². The van der Waals surface area contributed by atoms with Gasteiger partial charge < -0.3 is 14.9 Å². The van der Waals surface area contributed by atoms with E-state index in [0.29, 0.717) is 24.2 Å². The van der Waals surface area contributed by atoms with Crippen LogP contribution in [0.2, 0.25) is 0 Å². The molecule has 3 rings (SSSR count). The summed E-state index contributed by atoms with van der Waals surface area (Å²) in [5.74, 6) is -2.21. The van der Waals surface area contributed by atoms with Gasteiger partial charge in [0, 0.05) is 43.7 Å². The molecule has 1 aliphatic rings. The lowest BCUT2D eigenvalue weighted by molar-refractivity contribution is -0.141. The van der Waals surface area contributed by atoms with Crippen LogP contribution in [0.4, 0.5) is 0 Å². The van der Waals surface area contributed by atoms with Crippen LogP contribution in [0, 0.1) is 5.92 Å². The molecule has 2 aromatic rings. The zero-order valence-electron chi connectivity index (χ0n) is 16.0. The number of carboxylic acids is 1. The average Bonchev–Trinajstić information content (AvgIpc) is 3.18. The first kappa shape index (κ1) is 19.6. The second kappa shape index (κ2) is 8.25. The monoisotopic (exact) mass is 380 g/mol. The van der Waals surface area contributed by atoms with Gasteiger partial charge in [-0.3, -0.25) is 14.4 Å². The van der Waals surface area contributed by atoms with Crippen molar-refractivity contribution in [3.63, 3.8) is 0 Å². The SMILES string of the molecule is CCN(C)C(=O)c1cccc(C(=O)N2CC(C(=O)O)C(c3ccccc3)C2)c1. The molecule has 0 bridgehead atoms. The highest BCUT2D eigenvalue weighted by Gasteiger charge is 2.40. The van der Waals surface area contributed by atoms with Crippen LogP contribution in [-0.2, 0) is 4.79 Å². The van der Waals surface area contributed by atoms with Gasteiger partial charge in [-0.1, -0.05) is 36.4 Å². The van der Waals surface area contributed by atoms with Crippen LogP contribution in [-0.4, -0.2) is 59.4 Å². The number of hydrogen-bond acceptors (Lipinski definition) is 3. The van der Waals surface area contributed by atoms with Gasteiger partial charge in [-0.25, -0.2) is 0 Å². The van der Waals surface area contributed by atoms with E-state index in [-0.39, 0.29) is 24.3 Å². The molecule has 1 fully saturated rings. The fourth-order valence-electron chi connectivity index (χ4n) is 3.59. The van der Waals surface area contributed by atoms with Gasteiger partial charge in [0.1, 0.15) is 0 Å². The summed E-state index contributed by atoms with van der Waals surface area (Å²) in [7, 11) is 1.71. The molecular weight excluding hydrogens is 356 g/mol. The van der Waals surface area contributed by atoms with Crippen molar-refractivity contribution in [2.24, 2.45) is 5.92 Å². The molecule has 2 unspecified atom stereocenters. The van der Waals surface area contributed by atoms with E-state index in [0.717, 1.165) is 5.56 Å². The maximum atomic E-state index is 13.0. The van der Waals surface area contributed by atoms with Crippen LogP contribution in [0.25, 0.3) is 0 Å². The molecule has 6 nitrogen and oxygen atoms in total. The Hall–Kier alpha value is -3.15. The molecule has 2 atom stereocenters. The van der Waals surface area contributed by atoms with E-state index in [1.165, 1.54) is 0 Å². The molecule has 1 heterocycles. The number of aliphatic carboxylic acids is 1. The number of likely N-dealkylation sites (tertiary alicyclic amines) is 1. The third-order valence-corrected chi connectivity index (χ3v) is 5.33. The molecule has 2 amide bonds. The number of hydrogen-bond donors (Lipinski definition) is 1. The molecule has 0 aliphatic carbocycles. The Morgan fingerprint density at radius 1 is 1.04 bits per heavy atom. The summed E-state index contributed by atoms with van der Waals surface area (Å²) in [6.07, 6.45) is 0. The van der Waals surface area contributed by atoms with E-state index in [2.05, 4.69) is 0 Å². The number of carboxylic acid groups (broad SMARTS) is 1. The summed E-state index contributed by atoms with van der Waals surface area (Å²) in [5.41, 5.74) is 1.76.